The van der Waals surface area contributed by atoms with Crippen LogP contribution in [0.15, 0.2) is 0 Å². The van der Waals surface area contributed by atoms with Crippen LogP contribution in [0.5, 0.6) is 0 Å². The Morgan fingerprint density at radius 2 is 2.07 bits per heavy atom. The first-order valence-electron chi connectivity index (χ1n) is 5.00. The van der Waals surface area contributed by atoms with Crippen molar-refractivity contribution in [2.45, 2.75) is 39.4 Å². The average Bonchev–Trinajstić information content (AvgIpc) is 2.16. The molecule has 1 aliphatic rings. The third-order valence-corrected chi connectivity index (χ3v) is 2.29. The van der Waals surface area contributed by atoms with Crippen LogP contribution < -0.4 is 5.32 Å². The largest absolute Gasteiger partial charge is 0.354 e. The van der Waals surface area contributed by atoms with E-state index in [1.807, 2.05) is 6.92 Å². The molecule has 1 saturated heterocycles. The smallest absolute Gasteiger partial charge is 0.315 e. The second kappa shape index (κ2) is 4.48. The molecule has 1 unspecified atom stereocenters. The molecule has 15 heavy (non-hydrogen) atoms. The highest BCUT2D eigenvalue weighted by Gasteiger charge is 2.39. The van der Waals surface area contributed by atoms with Crippen LogP contribution in [-0.4, -0.2) is 41.3 Å². The fourth-order valence-electron chi connectivity index (χ4n) is 1.53. The highest BCUT2D eigenvalue weighted by Crippen LogP contribution is 2.15. The van der Waals surface area contributed by atoms with E-state index in [9.17, 15) is 9.59 Å². The molecule has 0 bridgehead atoms. The Labute approximate surface area is 89.1 Å². The molecule has 0 aliphatic carbocycles. The third-order valence-electron chi connectivity index (χ3n) is 2.29. The van der Waals surface area contributed by atoms with Crippen LogP contribution in [0.4, 0.5) is 9.59 Å². The van der Waals surface area contributed by atoms with Crippen LogP contribution in [0, 0.1) is 0 Å². The van der Waals surface area contributed by atoms with E-state index in [4.69, 9.17) is 4.84 Å². The highest BCUT2D eigenvalue weighted by molar-refractivity contribution is 5.95. The number of nitrogens with one attached hydrogen (secondary N) is 1. The van der Waals surface area contributed by atoms with Gasteiger partial charge in [0.05, 0.1) is 7.11 Å². The second-order valence-electron chi connectivity index (χ2n) is 3.63. The van der Waals surface area contributed by atoms with Crippen LogP contribution >= 0.6 is 0 Å². The number of hydroxylamine groups is 2. The zero-order valence-corrected chi connectivity index (χ0v) is 9.48. The number of carbonyl (C=O) groups excluding carboxylic acids is 2. The van der Waals surface area contributed by atoms with E-state index in [0.717, 1.165) is 4.90 Å². The molecule has 0 saturated carbocycles. The first kappa shape index (κ1) is 11.8. The molecule has 1 atom stereocenters. The van der Waals surface area contributed by atoms with Gasteiger partial charge in [0.25, 0.3) is 0 Å². The Morgan fingerprint density at radius 3 is 2.47 bits per heavy atom. The van der Waals surface area contributed by atoms with Crippen molar-refractivity contribution in [3.63, 3.8) is 0 Å². The van der Waals surface area contributed by atoms with E-state index in [1.165, 1.54) is 12.2 Å². The van der Waals surface area contributed by atoms with Crippen LogP contribution in [-0.2, 0) is 4.84 Å². The molecule has 0 aromatic carbocycles. The first-order valence-corrected chi connectivity index (χ1v) is 5.00. The Hall–Kier alpha value is -1.30. The molecule has 86 valence electrons. The SMILES string of the molecule is CCC1NC(=O)N(C(C)C)C(=O)N1OC. The van der Waals surface area contributed by atoms with Gasteiger partial charge in [0.2, 0.25) is 0 Å². The van der Waals surface area contributed by atoms with Crippen LogP contribution in [0.2, 0.25) is 0 Å². The van der Waals surface area contributed by atoms with Crippen LogP contribution in [0.25, 0.3) is 0 Å². The predicted molar refractivity (Wildman–Crippen MR) is 53.8 cm³/mol. The van der Waals surface area contributed by atoms with Gasteiger partial charge in [-0.3, -0.25) is 4.84 Å². The third kappa shape index (κ3) is 2.04. The van der Waals surface area contributed by atoms with Crippen molar-refractivity contribution in [2.24, 2.45) is 0 Å². The molecular weight excluding hydrogens is 198 g/mol. The molecular formula is C9H17N3O3. The van der Waals surface area contributed by atoms with E-state index < -0.39 is 6.03 Å². The van der Waals surface area contributed by atoms with E-state index >= 15 is 0 Å². The Balaban J connectivity index is 2.90. The van der Waals surface area contributed by atoms with Crippen molar-refractivity contribution < 1.29 is 14.4 Å². The van der Waals surface area contributed by atoms with E-state index in [-0.39, 0.29) is 18.2 Å². The van der Waals surface area contributed by atoms with Gasteiger partial charge in [-0.1, -0.05) is 6.92 Å². The quantitative estimate of drug-likeness (QED) is 0.767. The minimum absolute atomic E-state index is 0.187. The van der Waals surface area contributed by atoms with Crippen molar-refractivity contribution in [3.8, 4) is 0 Å². The van der Waals surface area contributed by atoms with E-state index in [1.54, 1.807) is 13.8 Å². The summed E-state index contributed by atoms with van der Waals surface area (Å²) < 4.78 is 0. The van der Waals surface area contributed by atoms with Gasteiger partial charge in [0.1, 0.15) is 6.17 Å². The fourth-order valence-corrected chi connectivity index (χ4v) is 1.53. The number of carbonyl (C=O) groups is 2. The van der Waals surface area contributed by atoms with Crippen molar-refractivity contribution in [1.82, 2.24) is 15.3 Å². The van der Waals surface area contributed by atoms with Gasteiger partial charge in [-0.05, 0) is 20.3 Å². The second-order valence-corrected chi connectivity index (χ2v) is 3.63. The van der Waals surface area contributed by atoms with Gasteiger partial charge in [-0.2, -0.15) is 5.06 Å². The number of urea groups is 2. The lowest BCUT2D eigenvalue weighted by Crippen LogP contribution is -2.65. The Bertz CT molecular complexity index is 267. The Kier molecular flexibility index (Phi) is 3.52. The van der Waals surface area contributed by atoms with Crippen molar-refractivity contribution in [1.29, 1.82) is 0 Å². The van der Waals surface area contributed by atoms with Gasteiger partial charge in [-0.25, -0.2) is 14.5 Å². The van der Waals surface area contributed by atoms with E-state index in [0.29, 0.717) is 6.42 Å². The summed E-state index contributed by atoms with van der Waals surface area (Å²) in [4.78, 5) is 29.5. The topological polar surface area (TPSA) is 61.9 Å². The van der Waals surface area contributed by atoms with Gasteiger partial charge in [-0.15, -0.1) is 0 Å². The molecule has 1 heterocycles. The molecule has 4 amide bonds. The number of nitrogens with zero attached hydrogens (tertiary/aromatic N) is 2. The molecule has 0 radical (unpaired) electrons. The molecule has 6 heteroatoms. The van der Waals surface area contributed by atoms with Crippen LogP contribution in [0.1, 0.15) is 27.2 Å². The molecule has 0 aromatic heterocycles. The summed E-state index contributed by atoms with van der Waals surface area (Å²) in [6, 6.07) is -0.966. The molecule has 1 fully saturated rings. The zero-order valence-electron chi connectivity index (χ0n) is 9.48. The summed E-state index contributed by atoms with van der Waals surface area (Å²) in [5.74, 6) is 0. The summed E-state index contributed by atoms with van der Waals surface area (Å²) in [6.07, 6.45) is 0.224. The minimum Gasteiger partial charge on any atom is -0.315 e. The summed E-state index contributed by atoms with van der Waals surface area (Å²) in [7, 11) is 1.41. The molecule has 1 aliphatic heterocycles. The lowest BCUT2D eigenvalue weighted by atomic mass is 10.3. The van der Waals surface area contributed by atoms with E-state index in [2.05, 4.69) is 5.32 Å². The van der Waals surface area contributed by atoms with Crippen molar-refractivity contribution >= 4 is 12.1 Å². The predicted octanol–water partition coefficient (Wildman–Crippen LogP) is 1.14. The van der Waals surface area contributed by atoms with Crippen LogP contribution in [0.3, 0.4) is 0 Å². The average molecular weight is 215 g/mol. The lowest BCUT2D eigenvalue weighted by molar-refractivity contribution is -0.138. The summed E-state index contributed by atoms with van der Waals surface area (Å²) in [6.45, 7) is 5.42. The maximum Gasteiger partial charge on any atom is 0.354 e. The summed E-state index contributed by atoms with van der Waals surface area (Å²) >= 11 is 0. The van der Waals surface area contributed by atoms with Gasteiger partial charge in [0.15, 0.2) is 0 Å². The van der Waals surface area contributed by atoms with Gasteiger partial charge >= 0.3 is 12.1 Å². The standard InChI is InChI=1S/C9H17N3O3/c1-5-7-10-8(13)11(6(2)3)9(14)12(7)15-4/h6-7H,5H2,1-4H3,(H,10,13). The van der Waals surface area contributed by atoms with Crippen molar-refractivity contribution in [2.75, 3.05) is 7.11 Å². The highest BCUT2D eigenvalue weighted by atomic mass is 16.7. The van der Waals surface area contributed by atoms with Gasteiger partial charge in [0, 0.05) is 6.04 Å². The normalized spacial score (nSPS) is 22.3. The number of amides is 4. The summed E-state index contributed by atoms with van der Waals surface area (Å²) in [5.41, 5.74) is 0. The van der Waals surface area contributed by atoms with Gasteiger partial charge < -0.3 is 5.32 Å². The maximum atomic E-state index is 11.8. The monoisotopic (exact) mass is 215 g/mol. The minimum atomic E-state index is -0.414. The molecule has 0 spiro atoms. The summed E-state index contributed by atoms with van der Waals surface area (Å²) in [5, 5.41) is 3.88. The lowest BCUT2D eigenvalue weighted by Gasteiger charge is -2.40. The fraction of sp³-hybridized carbons (Fsp3) is 0.778. The van der Waals surface area contributed by atoms with Crippen molar-refractivity contribution in [3.05, 3.63) is 0 Å². The zero-order chi connectivity index (χ0) is 11.6. The molecule has 0 aromatic rings. The molecule has 6 nitrogen and oxygen atoms in total. The molecule has 1 rings (SSSR count). The number of hydrogen-bond acceptors (Lipinski definition) is 3. The molecule has 1 N–H and O–H groups in total. The Morgan fingerprint density at radius 1 is 1.47 bits per heavy atom. The number of rotatable bonds is 3. The number of imide groups is 1. The maximum absolute atomic E-state index is 11.8. The first-order chi connectivity index (χ1) is 7.02. The number of hydrogen-bond donors (Lipinski definition) is 1.